The highest BCUT2D eigenvalue weighted by Gasteiger charge is 2.39. The molecule has 2 aliphatic heterocycles. The van der Waals surface area contributed by atoms with Gasteiger partial charge in [0.15, 0.2) is 6.29 Å². The number of hydrogen-bond donors (Lipinski definition) is 3. The summed E-state index contributed by atoms with van der Waals surface area (Å²) >= 11 is 0. The zero-order valence-corrected chi connectivity index (χ0v) is 33.5. The number of aliphatic hydroxyl groups excluding tert-OH is 1. The number of rotatable bonds is 13. The number of aliphatic hydroxyl groups is 1. The molecule has 2 saturated heterocycles. The lowest BCUT2D eigenvalue weighted by atomic mass is 9.89. The number of anilines is 1. The van der Waals surface area contributed by atoms with Gasteiger partial charge in [-0.3, -0.25) is 9.80 Å². The van der Waals surface area contributed by atoms with Gasteiger partial charge in [-0.25, -0.2) is 4.79 Å². The van der Waals surface area contributed by atoms with Gasteiger partial charge in [0, 0.05) is 63.0 Å². The summed E-state index contributed by atoms with van der Waals surface area (Å²) in [6, 6.07) is 52.0. The smallest absolute Gasteiger partial charge is 0.319 e. The first-order valence-corrected chi connectivity index (χ1v) is 20.5. The number of nitrogens with zero attached hydrogens (tertiary/aromatic N) is 2. The second-order valence-electron chi connectivity index (χ2n) is 15.5. The van der Waals surface area contributed by atoms with Crippen LogP contribution in [0.15, 0.2) is 158 Å². The van der Waals surface area contributed by atoms with Crippen LogP contribution in [0.25, 0.3) is 11.1 Å². The molecule has 2 fully saturated rings. The molecule has 0 saturated carbocycles. The molecule has 9 heteroatoms. The van der Waals surface area contributed by atoms with Crippen LogP contribution >= 0.6 is 0 Å². The van der Waals surface area contributed by atoms with Crippen molar-refractivity contribution in [3.05, 3.63) is 186 Å². The highest BCUT2D eigenvalue weighted by molar-refractivity contribution is 5.89. The number of ether oxygens (including phenoxy) is 3. The molecule has 2 amide bonds. The fraction of sp³-hybridized carbons (Fsp3) is 0.260. The first kappa shape index (κ1) is 40.0. The van der Waals surface area contributed by atoms with Crippen molar-refractivity contribution in [2.75, 3.05) is 38.0 Å². The number of carbonyl (C=O) groups is 1. The molecule has 59 heavy (non-hydrogen) atoms. The lowest BCUT2D eigenvalue weighted by molar-refractivity contribution is -0.276. The average Bonchev–Trinajstić information content (AvgIpc) is 3.28. The highest BCUT2D eigenvalue weighted by Crippen LogP contribution is 2.42. The van der Waals surface area contributed by atoms with Crippen LogP contribution in [0.2, 0.25) is 0 Å². The van der Waals surface area contributed by atoms with E-state index in [0.717, 1.165) is 78.4 Å². The Bertz CT molecular complexity index is 2230. The number of amides is 2. The zero-order valence-electron chi connectivity index (χ0n) is 33.5. The molecule has 0 aliphatic carbocycles. The van der Waals surface area contributed by atoms with Crippen LogP contribution in [0.3, 0.4) is 0 Å². The molecular weight excluding hydrogens is 737 g/mol. The SMILES string of the molecule is CC1C(CN2CCN(Cc3ccccc3)CC2)OC(c2ccc(-c3cccc(CNC(=O)Nc4ccc(Oc5ccccc5)cc4)c3)cc2)OC1c1ccc(CO)cc1. The maximum atomic E-state index is 12.8. The summed E-state index contributed by atoms with van der Waals surface area (Å²) in [6.07, 6.45) is -0.736. The quantitative estimate of drug-likeness (QED) is 0.107. The third kappa shape index (κ3) is 10.6. The molecule has 4 unspecified atom stereocenters. The Labute approximate surface area is 347 Å². The minimum Gasteiger partial charge on any atom is -0.457 e. The predicted octanol–water partition coefficient (Wildman–Crippen LogP) is 9.57. The third-order valence-electron chi connectivity index (χ3n) is 11.3. The molecule has 0 radical (unpaired) electrons. The Morgan fingerprint density at radius 2 is 1.31 bits per heavy atom. The van der Waals surface area contributed by atoms with Crippen molar-refractivity contribution in [2.45, 2.75) is 45.1 Å². The number of nitrogens with one attached hydrogen (secondary N) is 2. The van der Waals surface area contributed by atoms with Crippen molar-refractivity contribution < 1.29 is 24.1 Å². The summed E-state index contributed by atoms with van der Waals surface area (Å²) in [6.45, 7) is 8.45. The normalized spacial score (nSPS) is 19.8. The number of benzene rings is 6. The number of urea groups is 1. The van der Waals surface area contributed by atoms with Gasteiger partial charge in [0.05, 0.1) is 18.8 Å². The molecule has 0 bridgehead atoms. The van der Waals surface area contributed by atoms with Crippen molar-refractivity contribution >= 4 is 11.7 Å². The number of para-hydroxylation sites is 1. The third-order valence-corrected chi connectivity index (χ3v) is 11.3. The van der Waals surface area contributed by atoms with Gasteiger partial charge >= 0.3 is 6.03 Å². The van der Waals surface area contributed by atoms with Crippen molar-refractivity contribution in [3.8, 4) is 22.6 Å². The second kappa shape index (κ2) is 19.3. The van der Waals surface area contributed by atoms with Gasteiger partial charge < -0.3 is 30.0 Å². The van der Waals surface area contributed by atoms with Gasteiger partial charge in [-0.2, -0.15) is 0 Å². The summed E-state index contributed by atoms with van der Waals surface area (Å²) in [5.41, 5.74) is 8.05. The van der Waals surface area contributed by atoms with Crippen LogP contribution in [0.4, 0.5) is 10.5 Å². The molecule has 0 aromatic heterocycles. The molecule has 0 spiro atoms. The van der Waals surface area contributed by atoms with Crippen LogP contribution < -0.4 is 15.4 Å². The fourth-order valence-electron chi connectivity index (χ4n) is 7.84. The summed E-state index contributed by atoms with van der Waals surface area (Å²) in [7, 11) is 0. The molecule has 6 aromatic carbocycles. The molecule has 8 rings (SSSR count). The molecule has 302 valence electrons. The van der Waals surface area contributed by atoms with E-state index < -0.39 is 6.29 Å². The van der Waals surface area contributed by atoms with E-state index in [9.17, 15) is 9.90 Å². The Morgan fingerprint density at radius 3 is 2.02 bits per heavy atom. The Balaban J connectivity index is 0.890. The van der Waals surface area contributed by atoms with Gasteiger partial charge in [0.25, 0.3) is 0 Å². The highest BCUT2D eigenvalue weighted by atomic mass is 16.7. The topological polar surface area (TPSA) is 95.5 Å². The molecular formula is C50H52N4O5. The van der Waals surface area contributed by atoms with Crippen LogP contribution in [0.5, 0.6) is 11.5 Å². The van der Waals surface area contributed by atoms with E-state index in [2.05, 4.69) is 106 Å². The zero-order chi connectivity index (χ0) is 40.4. The summed E-state index contributed by atoms with van der Waals surface area (Å²) in [5.74, 6) is 1.57. The van der Waals surface area contributed by atoms with Crippen molar-refractivity contribution in [1.29, 1.82) is 0 Å². The van der Waals surface area contributed by atoms with Gasteiger partial charge in [0.1, 0.15) is 11.5 Å². The van der Waals surface area contributed by atoms with E-state index in [1.165, 1.54) is 5.56 Å². The summed E-state index contributed by atoms with van der Waals surface area (Å²) in [5, 5.41) is 15.6. The van der Waals surface area contributed by atoms with E-state index in [1.54, 1.807) is 0 Å². The predicted molar refractivity (Wildman–Crippen MR) is 232 cm³/mol. The van der Waals surface area contributed by atoms with E-state index >= 15 is 0 Å². The number of carbonyl (C=O) groups excluding carboxylic acids is 1. The van der Waals surface area contributed by atoms with Crippen molar-refractivity contribution in [3.63, 3.8) is 0 Å². The van der Waals surface area contributed by atoms with Crippen LogP contribution in [-0.4, -0.2) is 59.8 Å². The summed E-state index contributed by atoms with van der Waals surface area (Å²) in [4.78, 5) is 17.8. The molecule has 2 aliphatic rings. The summed E-state index contributed by atoms with van der Waals surface area (Å²) < 4.78 is 19.5. The average molecular weight is 789 g/mol. The van der Waals surface area contributed by atoms with Gasteiger partial charge in [-0.15, -0.1) is 0 Å². The van der Waals surface area contributed by atoms with Gasteiger partial charge in [0.2, 0.25) is 0 Å². The van der Waals surface area contributed by atoms with Crippen LogP contribution in [0, 0.1) is 5.92 Å². The lowest BCUT2D eigenvalue weighted by Gasteiger charge is -2.44. The number of hydrogen-bond acceptors (Lipinski definition) is 7. The minimum atomic E-state index is -0.534. The van der Waals surface area contributed by atoms with E-state index in [1.807, 2.05) is 78.9 Å². The minimum absolute atomic E-state index is 0.00861. The first-order chi connectivity index (χ1) is 29.0. The van der Waals surface area contributed by atoms with Crippen LogP contribution in [0.1, 0.15) is 47.1 Å². The van der Waals surface area contributed by atoms with E-state index in [-0.39, 0.29) is 30.8 Å². The van der Waals surface area contributed by atoms with Gasteiger partial charge in [-0.05, 0) is 75.8 Å². The largest absolute Gasteiger partial charge is 0.457 e. The van der Waals surface area contributed by atoms with Crippen molar-refractivity contribution in [1.82, 2.24) is 15.1 Å². The van der Waals surface area contributed by atoms with Gasteiger partial charge in [-0.1, -0.05) is 122 Å². The van der Waals surface area contributed by atoms with Crippen molar-refractivity contribution in [2.24, 2.45) is 5.92 Å². The second-order valence-corrected chi connectivity index (χ2v) is 15.5. The molecule has 6 aromatic rings. The Hall–Kier alpha value is -5.81. The standard InChI is InChI=1S/C50H52N4O5/c1-36-47(34-54-29-27-53(28-30-54)33-37-9-4-2-5-10-37)58-49(59-48(36)41-17-15-38(35-55)16-18-41)42-21-19-40(20-22-42)43-12-8-11-39(31-43)32-51-50(56)52-44-23-25-46(26-24-44)57-45-13-6-3-7-14-45/h2-26,31,36,47-49,55H,27-30,32-35H2,1H3,(H2,51,52,56). The maximum Gasteiger partial charge on any atom is 0.319 e. The van der Waals surface area contributed by atoms with Crippen LogP contribution in [-0.2, 0) is 29.2 Å². The molecule has 2 heterocycles. The monoisotopic (exact) mass is 788 g/mol. The van der Waals surface area contributed by atoms with E-state index in [0.29, 0.717) is 18.0 Å². The van der Waals surface area contributed by atoms with E-state index in [4.69, 9.17) is 14.2 Å². The molecule has 4 atom stereocenters. The Morgan fingerprint density at radius 1 is 0.661 bits per heavy atom. The maximum absolute atomic E-state index is 12.8. The molecule has 3 N–H and O–H groups in total. The lowest BCUT2D eigenvalue weighted by Crippen LogP contribution is -2.51. The Kier molecular flexibility index (Phi) is 13.1. The fourth-order valence-corrected chi connectivity index (χ4v) is 7.84. The number of piperazine rings is 1. The first-order valence-electron chi connectivity index (χ1n) is 20.5. The molecule has 9 nitrogen and oxygen atoms in total.